The van der Waals surface area contributed by atoms with Crippen LogP contribution in [0, 0.1) is 17.8 Å². The molecule has 118 valence electrons. The van der Waals surface area contributed by atoms with Gasteiger partial charge in [0.2, 0.25) is 0 Å². The summed E-state index contributed by atoms with van der Waals surface area (Å²) in [6.45, 7) is 7.02. The Morgan fingerprint density at radius 2 is 2.10 bits per heavy atom. The molecule has 0 amide bonds. The van der Waals surface area contributed by atoms with Crippen LogP contribution in [0.3, 0.4) is 0 Å². The van der Waals surface area contributed by atoms with Gasteiger partial charge in [-0.3, -0.25) is 0 Å². The van der Waals surface area contributed by atoms with E-state index in [1.165, 1.54) is 57.3 Å². The summed E-state index contributed by atoms with van der Waals surface area (Å²) in [4.78, 5) is 4.64. The lowest BCUT2D eigenvalue weighted by Gasteiger charge is -2.35. The zero-order valence-corrected chi connectivity index (χ0v) is 13.7. The largest absolute Gasteiger partial charge is 0.335 e. The number of nitrogens with one attached hydrogen (secondary N) is 1. The normalized spacial score (nSPS) is 29.7. The van der Waals surface area contributed by atoms with Crippen molar-refractivity contribution in [2.75, 3.05) is 6.54 Å². The van der Waals surface area contributed by atoms with E-state index in [0.29, 0.717) is 0 Å². The first-order valence-electron chi connectivity index (χ1n) is 8.99. The van der Waals surface area contributed by atoms with Gasteiger partial charge in [-0.2, -0.15) is 0 Å². The van der Waals surface area contributed by atoms with Crippen LogP contribution in [0.15, 0.2) is 12.4 Å². The molecule has 0 saturated heterocycles. The lowest BCUT2D eigenvalue weighted by Crippen LogP contribution is -2.35. The molecule has 1 heterocycles. The van der Waals surface area contributed by atoms with Gasteiger partial charge < -0.3 is 9.88 Å². The van der Waals surface area contributed by atoms with Crippen molar-refractivity contribution in [3.05, 3.63) is 18.2 Å². The highest BCUT2D eigenvalue weighted by Gasteiger charge is 2.31. The van der Waals surface area contributed by atoms with E-state index in [4.69, 9.17) is 0 Å². The first-order valence-corrected chi connectivity index (χ1v) is 8.99. The summed E-state index contributed by atoms with van der Waals surface area (Å²) in [6.07, 6.45) is 13.5. The van der Waals surface area contributed by atoms with Crippen LogP contribution in [0.4, 0.5) is 0 Å². The molecule has 1 aromatic heterocycles. The van der Waals surface area contributed by atoms with E-state index in [9.17, 15) is 0 Å². The maximum absolute atomic E-state index is 4.64. The summed E-state index contributed by atoms with van der Waals surface area (Å²) in [5, 5.41) is 3.76. The Hall–Kier alpha value is -0.830. The van der Waals surface area contributed by atoms with Crippen LogP contribution in [-0.2, 0) is 13.0 Å². The minimum Gasteiger partial charge on any atom is -0.335 e. The number of rotatable bonds is 7. The smallest absolute Gasteiger partial charge is 0.108 e. The Kier molecular flexibility index (Phi) is 4.99. The zero-order chi connectivity index (χ0) is 14.7. The second kappa shape index (κ2) is 6.95. The van der Waals surface area contributed by atoms with Crippen LogP contribution < -0.4 is 5.32 Å². The molecule has 0 aromatic carbocycles. The predicted molar refractivity (Wildman–Crippen MR) is 87.2 cm³/mol. The fraction of sp³-hybridized carbons (Fsp3) is 0.833. The fourth-order valence-electron chi connectivity index (χ4n) is 3.89. The van der Waals surface area contributed by atoms with E-state index in [1.807, 2.05) is 6.20 Å². The molecule has 3 unspecified atom stereocenters. The topological polar surface area (TPSA) is 29.9 Å². The molecule has 3 rings (SSSR count). The summed E-state index contributed by atoms with van der Waals surface area (Å²) >= 11 is 0. The molecule has 3 atom stereocenters. The molecule has 0 aliphatic heterocycles. The summed E-state index contributed by atoms with van der Waals surface area (Å²) < 4.78 is 2.37. The summed E-state index contributed by atoms with van der Waals surface area (Å²) in [5.74, 6) is 3.88. The number of aryl methyl sites for hydroxylation is 1. The third-order valence-corrected chi connectivity index (χ3v) is 5.36. The third kappa shape index (κ3) is 4.09. The van der Waals surface area contributed by atoms with E-state index in [-0.39, 0.29) is 0 Å². The van der Waals surface area contributed by atoms with Crippen LogP contribution in [-0.4, -0.2) is 22.1 Å². The van der Waals surface area contributed by atoms with E-state index in [0.717, 1.165) is 30.3 Å². The molecular weight excluding hydrogens is 258 g/mol. The van der Waals surface area contributed by atoms with E-state index >= 15 is 0 Å². The standard InChI is InChI=1S/C18H31N3/c1-3-9-21-10-8-19-18(21)12-16-11-14(2)4-5-15(16)13-20-17-6-7-17/h8,10,14-17,20H,3-7,9,11-13H2,1-2H3. The third-order valence-electron chi connectivity index (χ3n) is 5.36. The Morgan fingerprint density at radius 1 is 1.24 bits per heavy atom. The Bertz CT molecular complexity index is 435. The summed E-state index contributed by atoms with van der Waals surface area (Å²) in [6, 6.07) is 0.840. The van der Waals surface area contributed by atoms with Crippen molar-refractivity contribution in [3.8, 4) is 0 Å². The second-order valence-corrected chi connectivity index (χ2v) is 7.36. The molecule has 2 fully saturated rings. The number of hydrogen-bond donors (Lipinski definition) is 1. The molecule has 0 spiro atoms. The molecule has 2 saturated carbocycles. The van der Waals surface area contributed by atoms with E-state index in [2.05, 4.69) is 34.9 Å². The molecule has 3 nitrogen and oxygen atoms in total. The van der Waals surface area contributed by atoms with Gasteiger partial charge >= 0.3 is 0 Å². The second-order valence-electron chi connectivity index (χ2n) is 7.36. The van der Waals surface area contributed by atoms with Crippen molar-refractivity contribution in [2.24, 2.45) is 17.8 Å². The lowest BCUT2D eigenvalue weighted by atomic mass is 9.73. The number of hydrogen-bond acceptors (Lipinski definition) is 2. The highest BCUT2D eigenvalue weighted by molar-refractivity contribution is 4.97. The van der Waals surface area contributed by atoms with Gasteiger partial charge in [-0.25, -0.2) is 4.98 Å². The predicted octanol–water partition coefficient (Wildman–Crippen LogP) is 3.64. The van der Waals surface area contributed by atoms with Gasteiger partial charge in [0.05, 0.1) is 0 Å². The molecule has 1 aromatic rings. The van der Waals surface area contributed by atoms with Gasteiger partial charge in [0, 0.05) is 31.4 Å². The average Bonchev–Trinajstić information content (AvgIpc) is 3.20. The number of aromatic nitrogens is 2. The van der Waals surface area contributed by atoms with Crippen LogP contribution in [0.2, 0.25) is 0 Å². The molecule has 1 N–H and O–H groups in total. The maximum Gasteiger partial charge on any atom is 0.108 e. The van der Waals surface area contributed by atoms with Crippen LogP contribution in [0.1, 0.15) is 58.2 Å². The minimum absolute atomic E-state index is 0.818. The highest BCUT2D eigenvalue weighted by Crippen LogP contribution is 2.36. The van der Waals surface area contributed by atoms with Gasteiger partial charge in [-0.1, -0.05) is 20.3 Å². The Balaban J connectivity index is 1.61. The van der Waals surface area contributed by atoms with Crippen LogP contribution in [0.25, 0.3) is 0 Å². The fourth-order valence-corrected chi connectivity index (χ4v) is 3.89. The first-order chi connectivity index (χ1) is 10.3. The average molecular weight is 289 g/mol. The zero-order valence-electron chi connectivity index (χ0n) is 13.7. The van der Waals surface area contributed by atoms with Crippen molar-refractivity contribution < 1.29 is 0 Å². The van der Waals surface area contributed by atoms with Crippen molar-refractivity contribution in [3.63, 3.8) is 0 Å². The van der Waals surface area contributed by atoms with E-state index < -0.39 is 0 Å². The molecule has 2 aliphatic rings. The van der Waals surface area contributed by atoms with Gasteiger partial charge in [-0.05, 0) is 56.4 Å². The van der Waals surface area contributed by atoms with Gasteiger partial charge in [-0.15, -0.1) is 0 Å². The molecule has 0 radical (unpaired) electrons. The number of nitrogens with zero attached hydrogens (tertiary/aromatic N) is 2. The van der Waals surface area contributed by atoms with Gasteiger partial charge in [0.1, 0.15) is 5.82 Å². The molecular formula is C18H31N3. The molecule has 21 heavy (non-hydrogen) atoms. The van der Waals surface area contributed by atoms with Crippen molar-refractivity contribution in [1.29, 1.82) is 0 Å². The van der Waals surface area contributed by atoms with Gasteiger partial charge in [0.15, 0.2) is 0 Å². The van der Waals surface area contributed by atoms with Crippen LogP contribution in [0.5, 0.6) is 0 Å². The maximum atomic E-state index is 4.64. The van der Waals surface area contributed by atoms with Crippen molar-refractivity contribution in [2.45, 2.75) is 71.4 Å². The summed E-state index contributed by atoms with van der Waals surface area (Å²) in [7, 11) is 0. The van der Waals surface area contributed by atoms with Crippen molar-refractivity contribution >= 4 is 0 Å². The minimum atomic E-state index is 0.818. The Labute approximate surface area is 129 Å². The lowest BCUT2D eigenvalue weighted by molar-refractivity contribution is 0.180. The molecule has 3 heteroatoms. The monoisotopic (exact) mass is 289 g/mol. The van der Waals surface area contributed by atoms with E-state index in [1.54, 1.807) is 0 Å². The SMILES string of the molecule is CCCn1ccnc1CC1CC(C)CCC1CNC1CC1. The van der Waals surface area contributed by atoms with Gasteiger partial charge in [0.25, 0.3) is 0 Å². The summed E-state index contributed by atoms with van der Waals surface area (Å²) in [5.41, 5.74) is 0. The van der Waals surface area contributed by atoms with Crippen LogP contribution >= 0.6 is 0 Å². The molecule has 0 bridgehead atoms. The van der Waals surface area contributed by atoms with Crippen molar-refractivity contribution in [1.82, 2.24) is 14.9 Å². The highest BCUT2D eigenvalue weighted by atomic mass is 15.1. The first kappa shape index (κ1) is 15.1. The Morgan fingerprint density at radius 3 is 2.86 bits per heavy atom. The quantitative estimate of drug-likeness (QED) is 0.830. The number of imidazole rings is 1. The molecule has 2 aliphatic carbocycles.